The van der Waals surface area contributed by atoms with E-state index in [-0.39, 0.29) is 0 Å². The van der Waals surface area contributed by atoms with Crippen LogP contribution in [-0.2, 0) is 11.1 Å². The topological polar surface area (TPSA) is 76.8 Å². The molecule has 2 N–H and O–H groups in total. The van der Waals surface area contributed by atoms with E-state index in [2.05, 4.69) is 15.2 Å². The molecule has 1 aliphatic heterocycles. The molecular formula is C11H11BN2O4. The van der Waals surface area contributed by atoms with Crippen LogP contribution in [0.1, 0.15) is 5.56 Å². The molecule has 0 saturated carbocycles. The molecule has 0 unspecified atom stereocenters. The van der Waals surface area contributed by atoms with Gasteiger partial charge in [0.1, 0.15) is 6.26 Å². The number of anilines is 1. The summed E-state index contributed by atoms with van der Waals surface area (Å²) in [5, 5.41) is 13.3. The highest BCUT2D eigenvalue weighted by molar-refractivity contribution is 6.61. The predicted octanol–water partition coefficient (Wildman–Crippen LogP) is 0.341. The number of hydrogen-bond acceptors (Lipinski definition) is 6. The van der Waals surface area contributed by atoms with E-state index in [1.54, 1.807) is 12.1 Å². The van der Waals surface area contributed by atoms with Gasteiger partial charge in [0.05, 0.1) is 5.69 Å². The van der Waals surface area contributed by atoms with E-state index in [0.717, 1.165) is 17.4 Å². The predicted molar refractivity (Wildman–Crippen MR) is 64.5 cm³/mol. The van der Waals surface area contributed by atoms with E-state index in [1.165, 1.54) is 6.26 Å². The number of rotatable bonds is 3. The van der Waals surface area contributed by atoms with Crippen molar-refractivity contribution in [2.75, 3.05) is 12.1 Å². The highest BCUT2D eigenvalue weighted by atomic mass is 16.7. The lowest BCUT2D eigenvalue weighted by atomic mass is 9.73. The Morgan fingerprint density at radius 2 is 2.33 bits per heavy atom. The van der Waals surface area contributed by atoms with E-state index < -0.39 is 7.12 Å². The van der Waals surface area contributed by atoms with Crippen LogP contribution in [0.3, 0.4) is 0 Å². The molecule has 0 radical (unpaired) electrons. The second-order valence-corrected chi connectivity index (χ2v) is 3.93. The fourth-order valence-corrected chi connectivity index (χ4v) is 1.85. The molecule has 0 spiro atoms. The average Bonchev–Trinajstić information content (AvgIpc) is 2.90. The third-order valence-electron chi connectivity index (χ3n) is 2.75. The maximum Gasteiger partial charge on any atom is 0.491 e. The SMILES string of the molecule is OB1OCCc2ccc(NOc3ccon3)cc21. The van der Waals surface area contributed by atoms with Crippen LogP contribution in [0, 0.1) is 0 Å². The lowest BCUT2D eigenvalue weighted by molar-refractivity contribution is 0.266. The van der Waals surface area contributed by atoms with Gasteiger partial charge in [-0.1, -0.05) is 6.07 Å². The molecule has 0 fully saturated rings. The van der Waals surface area contributed by atoms with Gasteiger partial charge in [0.25, 0.3) is 5.88 Å². The molecule has 92 valence electrons. The zero-order chi connectivity index (χ0) is 12.4. The van der Waals surface area contributed by atoms with Crippen LogP contribution in [0.25, 0.3) is 0 Å². The van der Waals surface area contributed by atoms with Crippen molar-refractivity contribution in [2.24, 2.45) is 0 Å². The van der Waals surface area contributed by atoms with Gasteiger partial charge in [0.2, 0.25) is 0 Å². The Kier molecular flexibility index (Phi) is 2.91. The first-order chi connectivity index (χ1) is 8.83. The van der Waals surface area contributed by atoms with E-state index >= 15 is 0 Å². The van der Waals surface area contributed by atoms with Crippen LogP contribution in [0.5, 0.6) is 5.88 Å². The molecule has 18 heavy (non-hydrogen) atoms. The molecule has 0 aliphatic carbocycles. The number of nitrogens with one attached hydrogen (secondary N) is 1. The van der Waals surface area contributed by atoms with Crippen molar-refractivity contribution < 1.29 is 19.0 Å². The maximum absolute atomic E-state index is 9.72. The second-order valence-electron chi connectivity index (χ2n) is 3.93. The third kappa shape index (κ3) is 2.18. The second kappa shape index (κ2) is 4.71. The fraction of sp³-hybridized carbons (Fsp3) is 0.182. The van der Waals surface area contributed by atoms with Crippen molar-refractivity contribution >= 4 is 18.3 Å². The molecule has 0 amide bonds. The molecule has 0 saturated heterocycles. The molecule has 7 heteroatoms. The van der Waals surface area contributed by atoms with Crippen LogP contribution in [0.15, 0.2) is 35.1 Å². The van der Waals surface area contributed by atoms with Gasteiger partial charge in [0, 0.05) is 12.7 Å². The molecule has 1 aromatic carbocycles. The Balaban J connectivity index is 1.75. The van der Waals surface area contributed by atoms with E-state index in [9.17, 15) is 5.02 Å². The number of benzene rings is 1. The maximum atomic E-state index is 9.72. The average molecular weight is 246 g/mol. The summed E-state index contributed by atoms with van der Waals surface area (Å²) in [6.07, 6.45) is 2.22. The summed E-state index contributed by atoms with van der Waals surface area (Å²) in [5.74, 6) is 0.338. The summed E-state index contributed by atoms with van der Waals surface area (Å²) in [5.41, 5.74) is 5.28. The summed E-state index contributed by atoms with van der Waals surface area (Å²) in [7, 11) is -0.873. The van der Waals surface area contributed by atoms with Crippen molar-refractivity contribution in [3.63, 3.8) is 0 Å². The standard InChI is InChI=1S/C11H11BN2O4/c15-12-10-7-9(2-1-8(10)3-5-16-12)13-18-11-4-6-17-14-11/h1-2,4,6-7,13,15H,3,5H2. The summed E-state index contributed by atoms with van der Waals surface area (Å²) < 4.78 is 9.80. The first kappa shape index (κ1) is 11.1. The molecule has 2 aromatic rings. The Morgan fingerprint density at radius 1 is 1.39 bits per heavy atom. The lowest BCUT2D eigenvalue weighted by Gasteiger charge is -2.19. The van der Waals surface area contributed by atoms with Gasteiger partial charge in [-0.05, 0) is 34.7 Å². The molecule has 0 atom stereocenters. The van der Waals surface area contributed by atoms with Crippen molar-refractivity contribution in [3.05, 3.63) is 36.1 Å². The Labute approximate surface area is 104 Å². The summed E-state index contributed by atoms with van der Waals surface area (Å²) in [6, 6.07) is 7.19. The van der Waals surface area contributed by atoms with Crippen LogP contribution in [0.4, 0.5) is 5.69 Å². The van der Waals surface area contributed by atoms with Crippen molar-refractivity contribution in [3.8, 4) is 5.88 Å². The molecule has 6 nitrogen and oxygen atoms in total. The lowest BCUT2D eigenvalue weighted by Crippen LogP contribution is -2.41. The molecule has 3 rings (SSSR count). The fourth-order valence-electron chi connectivity index (χ4n) is 1.85. The van der Waals surface area contributed by atoms with E-state index in [0.29, 0.717) is 18.2 Å². The largest absolute Gasteiger partial charge is 0.491 e. The normalized spacial score (nSPS) is 14.2. The first-order valence-electron chi connectivity index (χ1n) is 5.58. The first-order valence-corrected chi connectivity index (χ1v) is 5.58. The van der Waals surface area contributed by atoms with Gasteiger partial charge in [-0.15, -0.1) is 0 Å². The minimum Gasteiger partial charge on any atom is -0.423 e. The number of hydrogen-bond donors (Lipinski definition) is 2. The zero-order valence-electron chi connectivity index (χ0n) is 9.50. The highest BCUT2D eigenvalue weighted by Crippen LogP contribution is 2.14. The van der Waals surface area contributed by atoms with E-state index in [1.807, 2.05) is 12.1 Å². The minimum absolute atomic E-state index is 0.338. The number of fused-ring (bicyclic) bond motifs is 1. The molecule has 1 aliphatic rings. The van der Waals surface area contributed by atoms with Gasteiger partial charge in [-0.3, -0.25) is 0 Å². The van der Waals surface area contributed by atoms with Gasteiger partial charge >= 0.3 is 7.12 Å². The van der Waals surface area contributed by atoms with Crippen LogP contribution in [-0.4, -0.2) is 23.9 Å². The monoisotopic (exact) mass is 246 g/mol. The molecular weight excluding hydrogens is 235 g/mol. The van der Waals surface area contributed by atoms with Crippen LogP contribution >= 0.6 is 0 Å². The van der Waals surface area contributed by atoms with Crippen LogP contribution < -0.4 is 15.8 Å². The molecule has 2 heterocycles. The zero-order valence-corrected chi connectivity index (χ0v) is 9.50. The van der Waals surface area contributed by atoms with Crippen molar-refractivity contribution in [1.82, 2.24) is 5.16 Å². The van der Waals surface area contributed by atoms with Crippen molar-refractivity contribution in [1.29, 1.82) is 0 Å². The Bertz CT molecular complexity index is 532. The molecule has 1 aromatic heterocycles. The van der Waals surface area contributed by atoms with E-state index in [4.69, 9.17) is 9.49 Å². The third-order valence-corrected chi connectivity index (χ3v) is 2.75. The Morgan fingerprint density at radius 3 is 3.17 bits per heavy atom. The Hall–Kier alpha value is -1.99. The van der Waals surface area contributed by atoms with Gasteiger partial charge in [-0.2, -0.15) is 0 Å². The van der Waals surface area contributed by atoms with Gasteiger partial charge in [-0.25, -0.2) is 5.48 Å². The van der Waals surface area contributed by atoms with Crippen LogP contribution in [0.2, 0.25) is 0 Å². The number of nitrogens with zero attached hydrogens (tertiary/aromatic N) is 1. The minimum atomic E-state index is -0.873. The summed E-state index contributed by atoms with van der Waals surface area (Å²) in [4.78, 5) is 5.18. The van der Waals surface area contributed by atoms with Crippen molar-refractivity contribution in [2.45, 2.75) is 6.42 Å². The molecule has 0 bridgehead atoms. The smallest absolute Gasteiger partial charge is 0.423 e. The summed E-state index contributed by atoms with van der Waals surface area (Å²) in [6.45, 7) is 0.538. The number of aromatic nitrogens is 1. The van der Waals surface area contributed by atoms with Gasteiger partial charge < -0.3 is 19.0 Å². The summed E-state index contributed by atoms with van der Waals surface area (Å²) >= 11 is 0. The quantitative estimate of drug-likeness (QED) is 0.600. The van der Waals surface area contributed by atoms with Gasteiger partial charge in [0.15, 0.2) is 0 Å². The highest BCUT2D eigenvalue weighted by Gasteiger charge is 2.24.